The van der Waals surface area contributed by atoms with Crippen LogP contribution >= 0.6 is 11.6 Å². The SMILES string of the molecule is COc1ccc(Cl)cc1Nc1cccc(N)c1. The van der Waals surface area contributed by atoms with Crippen LogP contribution in [0, 0.1) is 0 Å². The van der Waals surface area contributed by atoms with E-state index in [1.807, 2.05) is 36.4 Å². The van der Waals surface area contributed by atoms with Gasteiger partial charge < -0.3 is 15.8 Å². The third kappa shape index (κ3) is 2.82. The van der Waals surface area contributed by atoms with Crippen molar-refractivity contribution in [1.29, 1.82) is 0 Å². The Kier molecular flexibility index (Phi) is 3.40. The molecule has 0 saturated heterocycles. The molecule has 0 aliphatic rings. The molecule has 3 nitrogen and oxygen atoms in total. The summed E-state index contributed by atoms with van der Waals surface area (Å²) >= 11 is 5.95. The molecule has 2 aromatic rings. The Balaban J connectivity index is 2.32. The van der Waals surface area contributed by atoms with E-state index in [1.165, 1.54) is 0 Å². The average Bonchev–Trinajstić information content (AvgIpc) is 2.29. The number of hydrogen-bond donors (Lipinski definition) is 2. The van der Waals surface area contributed by atoms with Gasteiger partial charge in [-0.15, -0.1) is 0 Å². The van der Waals surface area contributed by atoms with Crippen LogP contribution in [0.3, 0.4) is 0 Å². The second-order valence-electron chi connectivity index (χ2n) is 3.60. The zero-order chi connectivity index (χ0) is 12.3. The Hall–Kier alpha value is -1.87. The molecule has 3 N–H and O–H groups in total. The van der Waals surface area contributed by atoms with Gasteiger partial charge in [-0.2, -0.15) is 0 Å². The van der Waals surface area contributed by atoms with Crippen molar-refractivity contribution in [1.82, 2.24) is 0 Å². The fraction of sp³-hybridized carbons (Fsp3) is 0.0769. The first-order valence-corrected chi connectivity index (χ1v) is 5.53. The number of methoxy groups -OCH3 is 1. The molecule has 17 heavy (non-hydrogen) atoms. The zero-order valence-electron chi connectivity index (χ0n) is 9.41. The molecule has 2 rings (SSSR count). The molecule has 2 aromatic carbocycles. The molecule has 0 aromatic heterocycles. The van der Waals surface area contributed by atoms with Gasteiger partial charge in [-0.05, 0) is 36.4 Å². The number of ether oxygens (including phenoxy) is 1. The maximum Gasteiger partial charge on any atom is 0.142 e. The molecule has 4 heteroatoms. The number of nitrogens with one attached hydrogen (secondary N) is 1. The quantitative estimate of drug-likeness (QED) is 0.815. The van der Waals surface area contributed by atoms with E-state index >= 15 is 0 Å². The maximum absolute atomic E-state index is 5.95. The molecule has 0 saturated carbocycles. The topological polar surface area (TPSA) is 47.3 Å². The molecule has 0 spiro atoms. The molecule has 0 unspecified atom stereocenters. The van der Waals surface area contributed by atoms with Gasteiger partial charge in [0.15, 0.2) is 0 Å². The number of benzene rings is 2. The Morgan fingerprint density at radius 3 is 2.71 bits per heavy atom. The lowest BCUT2D eigenvalue weighted by molar-refractivity contribution is 0.417. The summed E-state index contributed by atoms with van der Waals surface area (Å²) in [6, 6.07) is 12.9. The van der Waals surface area contributed by atoms with Crippen molar-refractivity contribution in [3.05, 3.63) is 47.5 Å². The van der Waals surface area contributed by atoms with E-state index in [4.69, 9.17) is 22.1 Å². The number of anilines is 3. The summed E-state index contributed by atoms with van der Waals surface area (Å²) in [4.78, 5) is 0. The predicted molar refractivity (Wildman–Crippen MR) is 72.1 cm³/mol. The van der Waals surface area contributed by atoms with Crippen molar-refractivity contribution in [3.8, 4) is 5.75 Å². The molecule has 0 heterocycles. The van der Waals surface area contributed by atoms with Crippen LogP contribution in [0.25, 0.3) is 0 Å². The molecular weight excluding hydrogens is 236 g/mol. The van der Waals surface area contributed by atoms with Crippen molar-refractivity contribution in [2.24, 2.45) is 0 Å². The summed E-state index contributed by atoms with van der Waals surface area (Å²) in [7, 11) is 1.62. The first-order valence-electron chi connectivity index (χ1n) is 5.15. The lowest BCUT2D eigenvalue weighted by Crippen LogP contribution is -1.95. The van der Waals surface area contributed by atoms with Crippen LogP contribution in [-0.2, 0) is 0 Å². The van der Waals surface area contributed by atoms with Crippen LogP contribution in [0.4, 0.5) is 17.1 Å². The zero-order valence-corrected chi connectivity index (χ0v) is 10.2. The largest absolute Gasteiger partial charge is 0.495 e. The van der Waals surface area contributed by atoms with E-state index in [2.05, 4.69) is 5.32 Å². The maximum atomic E-state index is 5.95. The van der Waals surface area contributed by atoms with Gasteiger partial charge in [0.05, 0.1) is 12.8 Å². The van der Waals surface area contributed by atoms with Crippen LogP contribution in [0.5, 0.6) is 5.75 Å². The molecule has 0 aliphatic heterocycles. The second-order valence-corrected chi connectivity index (χ2v) is 4.03. The fourth-order valence-corrected chi connectivity index (χ4v) is 1.72. The molecule has 0 atom stereocenters. The third-order valence-corrected chi connectivity index (χ3v) is 2.56. The number of nitrogens with two attached hydrogens (primary N) is 1. The molecule has 88 valence electrons. The van der Waals surface area contributed by atoms with Gasteiger partial charge in [-0.3, -0.25) is 0 Å². The number of halogens is 1. The van der Waals surface area contributed by atoms with Crippen molar-refractivity contribution in [2.75, 3.05) is 18.2 Å². The highest BCUT2D eigenvalue weighted by atomic mass is 35.5. The molecule has 0 amide bonds. The lowest BCUT2D eigenvalue weighted by Gasteiger charge is -2.11. The van der Waals surface area contributed by atoms with Gasteiger partial charge >= 0.3 is 0 Å². The molecule has 0 aliphatic carbocycles. The van der Waals surface area contributed by atoms with E-state index in [0.717, 1.165) is 17.1 Å². The van der Waals surface area contributed by atoms with Crippen LogP contribution in [-0.4, -0.2) is 7.11 Å². The van der Waals surface area contributed by atoms with Gasteiger partial charge in [-0.1, -0.05) is 17.7 Å². The van der Waals surface area contributed by atoms with E-state index < -0.39 is 0 Å². The summed E-state index contributed by atoms with van der Waals surface area (Å²) in [6.45, 7) is 0. The van der Waals surface area contributed by atoms with Crippen molar-refractivity contribution >= 4 is 28.7 Å². The van der Waals surface area contributed by atoms with Gasteiger partial charge in [0.2, 0.25) is 0 Å². The number of nitrogen functional groups attached to an aromatic ring is 1. The summed E-state index contributed by atoms with van der Waals surface area (Å²) in [5.41, 5.74) is 8.12. The fourth-order valence-electron chi connectivity index (χ4n) is 1.55. The molecule has 0 fully saturated rings. The average molecular weight is 249 g/mol. The minimum Gasteiger partial charge on any atom is -0.495 e. The Labute approximate surface area is 105 Å². The number of hydrogen-bond acceptors (Lipinski definition) is 3. The standard InChI is InChI=1S/C13H13ClN2O/c1-17-13-6-5-9(14)7-12(13)16-11-4-2-3-10(15)8-11/h2-8,16H,15H2,1H3. The highest BCUT2D eigenvalue weighted by Gasteiger charge is 2.04. The van der Waals surface area contributed by atoms with Crippen LogP contribution in [0.2, 0.25) is 5.02 Å². The Morgan fingerprint density at radius 1 is 1.18 bits per heavy atom. The van der Waals surface area contributed by atoms with E-state index in [1.54, 1.807) is 13.2 Å². The highest BCUT2D eigenvalue weighted by Crippen LogP contribution is 2.30. The van der Waals surface area contributed by atoms with E-state index in [-0.39, 0.29) is 0 Å². The van der Waals surface area contributed by atoms with Gasteiger partial charge in [0.25, 0.3) is 0 Å². The van der Waals surface area contributed by atoms with Crippen LogP contribution in [0.15, 0.2) is 42.5 Å². The summed E-state index contributed by atoms with van der Waals surface area (Å²) < 4.78 is 5.25. The molecule has 0 radical (unpaired) electrons. The lowest BCUT2D eigenvalue weighted by atomic mass is 10.2. The van der Waals surface area contributed by atoms with Crippen molar-refractivity contribution in [3.63, 3.8) is 0 Å². The minimum atomic E-state index is 0.650. The van der Waals surface area contributed by atoms with Gasteiger partial charge in [-0.25, -0.2) is 0 Å². The molecule has 0 bridgehead atoms. The summed E-state index contributed by atoms with van der Waals surface area (Å²) in [6.07, 6.45) is 0. The first-order chi connectivity index (χ1) is 8.19. The van der Waals surface area contributed by atoms with E-state index in [9.17, 15) is 0 Å². The third-order valence-electron chi connectivity index (χ3n) is 2.33. The second kappa shape index (κ2) is 4.97. The Morgan fingerprint density at radius 2 is 2.00 bits per heavy atom. The monoisotopic (exact) mass is 248 g/mol. The highest BCUT2D eigenvalue weighted by molar-refractivity contribution is 6.31. The van der Waals surface area contributed by atoms with Gasteiger partial charge in [0.1, 0.15) is 5.75 Å². The summed E-state index contributed by atoms with van der Waals surface area (Å²) in [5, 5.41) is 3.87. The van der Waals surface area contributed by atoms with Crippen LogP contribution in [0.1, 0.15) is 0 Å². The van der Waals surface area contributed by atoms with Crippen molar-refractivity contribution < 1.29 is 4.74 Å². The van der Waals surface area contributed by atoms with Gasteiger partial charge in [0, 0.05) is 16.4 Å². The van der Waals surface area contributed by atoms with E-state index in [0.29, 0.717) is 10.7 Å². The predicted octanol–water partition coefficient (Wildman–Crippen LogP) is 3.67. The summed E-state index contributed by atoms with van der Waals surface area (Å²) in [5.74, 6) is 0.733. The minimum absolute atomic E-state index is 0.650. The van der Waals surface area contributed by atoms with Crippen LogP contribution < -0.4 is 15.8 Å². The Bertz CT molecular complexity index is 529. The normalized spacial score (nSPS) is 10.0. The van der Waals surface area contributed by atoms with Crippen molar-refractivity contribution in [2.45, 2.75) is 0 Å². The number of rotatable bonds is 3. The molecular formula is C13H13ClN2O. The first kappa shape index (κ1) is 11.6. The smallest absolute Gasteiger partial charge is 0.142 e.